The summed E-state index contributed by atoms with van der Waals surface area (Å²) in [5.41, 5.74) is 8.69. The minimum Gasteiger partial charge on any atom is -0.312 e. The van der Waals surface area contributed by atoms with Gasteiger partial charge in [0.2, 0.25) is 0 Å². The van der Waals surface area contributed by atoms with E-state index in [1.54, 1.807) is 0 Å². The number of fused-ring (bicyclic) bond motifs is 2. The summed E-state index contributed by atoms with van der Waals surface area (Å²) in [6.45, 7) is 1.49. The fraction of sp³-hybridized carbons (Fsp3) is 0.100. The first kappa shape index (κ1) is 20.3. The van der Waals surface area contributed by atoms with Gasteiger partial charge >= 0.3 is 0 Å². The molecule has 4 heteroatoms. The molecule has 4 aromatic carbocycles. The SMILES string of the molecule is N#CC1=CCNCC1c1ccccc1N1c2ccccc2N(c2ccccc2)c2ccccc21. The van der Waals surface area contributed by atoms with Crippen molar-refractivity contribution in [3.63, 3.8) is 0 Å². The van der Waals surface area contributed by atoms with Crippen molar-refractivity contribution in [3.05, 3.63) is 120 Å². The molecule has 2 aliphatic rings. The summed E-state index contributed by atoms with van der Waals surface area (Å²) < 4.78 is 0. The topological polar surface area (TPSA) is 42.3 Å². The first-order chi connectivity index (χ1) is 16.9. The van der Waals surface area contributed by atoms with E-state index in [1.807, 2.05) is 12.1 Å². The minimum absolute atomic E-state index is 0.0152. The Labute approximate surface area is 200 Å². The number of anilines is 6. The van der Waals surface area contributed by atoms with Gasteiger partial charge in [0.1, 0.15) is 0 Å². The van der Waals surface area contributed by atoms with Gasteiger partial charge in [0.25, 0.3) is 0 Å². The van der Waals surface area contributed by atoms with Gasteiger partial charge in [-0.1, -0.05) is 66.7 Å². The van der Waals surface area contributed by atoms with Crippen LogP contribution in [-0.4, -0.2) is 13.1 Å². The quantitative estimate of drug-likeness (QED) is 0.326. The van der Waals surface area contributed by atoms with Crippen LogP contribution in [-0.2, 0) is 0 Å². The molecule has 1 N–H and O–H groups in total. The Balaban J connectivity index is 1.59. The van der Waals surface area contributed by atoms with Crippen molar-refractivity contribution in [2.24, 2.45) is 0 Å². The molecule has 0 saturated carbocycles. The standard InChI is InChI=1S/C30H24N4/c31-20-22-18-19-32-21-25(22)24-12-4-5-13-26(24)34-29-16-8-6-14-27(29)33(23-10-2-1-3-11-23)28-15-7-9-17-30(28)34/h1-18,25,32H,19,21H2. The Kier molecular flexibility index (Phi) is 5.10. The average molecular weight is 441 g/mol. The summed E-state index contributed by atoms with van der Waals surface area (Å²) in [6, 6.07) is 38.5. The highest BCUT2D eigenvalue weighted by Crippen LogP contribution is 2.55. The van der Waals surface area contributed by atoms with Crippen LogP contribution in [0.5, 0.6) is 0 Å². The lowest BCUT2D eigenvalue weighted by molar-refractivity contribution is 0.646. The molecule has 0 saturated heterocycles. The molecule has 34 heavy (non-hydrogen) atoms. The highest BCUT2D eigenvalue weighted by atomic mass is 15.3. The Morgan fingerprint density at radius 3 is 1.79 bits per heavy atom. The van der Waals surface area contributed by atoms with Crippen molar-refractivity contribution < 1.29 is 0 Å². The van der Waals surface area contributed by atoms with Crippen LogP contribution in [0.4, 0.5) is 34.1 Å². The van der Waals surface area contributed by atoms with E-state index in [2.05, 4.69) is 118 Å². The zero-order chi connectivity index (χ0) is 22.9. The zero-order valence-electron chi connectivity index (χ0n) is 18.7. The van der Waals surface area contributed by atoms with Gasteiger partial charge in [0.05, 0.1) is 34.5 Å². The van der Waals surface area contributed by atoms with E-state index >= 15 is 0 Å². The molecule has 4 nitrogen and oxygen atoms in total. The number of nitrogens with one attached hydrogen (secondary N) is 1. The number of para-hydroxylation sites is 6. The van der Waals surface area contributed by atoms with E-state index in [-0.39, 0.29) is 5.92 Å². The summed E-state index contributed by atoms with van der Waals surface area (Å²) in [5.74, 6) is 0.0152. The van der Waals surface area contributed by atoms with Gasteiger partial charge in [0, 0.05) is 30.3 Å². The van der Waals surface area contributed by atoms with Crippen molar-refractivity contribution in [3.8, 4) is 6.07 Å². The lowest BCUT2D eigenvalue weighted by Gasteiger charge is -2.41. The lowest BCUT2D eigenvalue weighted by Crippen LogP contribution is -2.29. The number of nitriles is 1. The predicted molar refractivity (Wildman–Crippen MR) is 139 cm³/mol. The van der Waals surface area contributed by atoms with Crippen LogP contribution >= 0.6 is 0 Å². The van der Waals surface area contributed by atoms with Crippen LogP contribution < -0.4 is 15.1 Å². The minimum atomic E-state index is 0.0152. The second kappa shape index (κ2) is 8.55. The van der Waals surface area contributed by atoms with E-state index in [4.69, 9.17) is 0 Å². The summed E-state index contributed by atoms with van der Waals surface area (Å²) in [7, 11) is 0. The number of nitrogens with zero attached hydrogens (tertiary/aromatic N) is 3. The first-order valence-corrected chi connectivity index (χ1v) is 11.6. The van der Waals surface area contributed by atoms with Gasteiger partial charge in [0.15, 0.2) is 0 Å². The Morgan fingerprint density at radius 2 is 1.18 bits per heavy atom. The van der Waals surface area contributed by atoms with Crippen molar-refractivity contribution in [2.45, 2.75) is 5.92 Å². The van der Waals surface area contributed by atoms with Gasteiger partial charge in [-0.2, -0.15) is 5.26 Å². The maximum atomic E-state index is 9.83. The second-order valence-electron chi connectivity index (χ2n) is 8.52. The molecule has 0 radical (unpaired) electrons. The van der Waals surface area contributed by atoms with E-state index in [0.29, 0.717) is 0 Å². The van der Waals surface area contributed by atoms with Gasteiger partial charge in [-0.15, -0.1) is 0 Å². The van der Waals surface area contributed by atoms with Crippen molar-refractivity contribution in [1.82, 2.24) is 5.32 Å². The number of hydrogen-bond acceptors (Lipinski definition) is 4. The first-order valence-electron chi connectivity index (χ1n) is 11.6. The van der Waals surface area contributed by atoms with Gasteiger partial charge in [-0.05, 0) is 48.0 Å². The smallest absolute Gasteiger partial charge is 0.0951 e. The molecule has 1 unspecified atom stereocenters. The molecule has 0 bridgehead atoms. The number of rotatable bonds is 3. The van der Waals surface area contributed by atoms with Crippen LogP contribution in [0.3, 0.4) is 0 Å². The maximum absolute atomic E-state index is 9.83. The van der Waals surface area contributed by atoms with Crippen LogP contribution in [0, 0.1) is 11.3 Å². The molecule has 164 valence electrons. The molecule has 4 aromatic rings. The second-order valence-corrected chi connectivity index (χ2v) is 8.52. The normalized spacial score (nSPS) is 16.8. The van der Waals surface area contributed by atoms with Crippen LogP contribution in [0.15, 0.2) is 115 Å². The Bertz CT molecular complexity index is 1370. The van der Waals surface area contributed by atoms with Crippen molar-refractivity contribution in [1.29, 1.82) is 5.26 Å². The molecule has 0 aliphatic carbocycles. The maximum Gasteiger partial charge on any atom is 0.0951 e. The molecule has 0 fully saturated rings. The fourth-order valence-corrected chi connectivity index (χ4v) is 5.11. The van der Waals surface area contributed by atoms with Crippen molar-refractivity contribution in [2.75, 3.05) is 22.9 Å². The summed E-state index contributed by atoms with van der Waals surface area (Å²) in [5, 5.41) is 13.3. The molecule has 0 spiro atoms. The van der Waals surface area contributed by atoms with E-state index < -0.39 is 0 Å². The van der Waals surface area contributed by atoms with E-state index in [0.717, 1.165) is 58.4 Å². The molecular formula is C30H24N4. The van der Waals surface area contributed by atoms with Gasteiger partial charge in [-0.25, -0.2) is 0 Å². The molecule has 2 heterocycles. The van der Waals surface area contributed by atoms with Gasteiger partial charge < -0.3 is 15.1 Å². The Hall–Kier alpha value is -4.33. The molecule has 0 amide bonds. The monoisotopic (exact) mass is 440 g/mol. The fourth-order valence-electron chi connectivity index (χ4n) is 5.11. The van der Waals surface area contributed by atoms with E-state index in [1.165, 1.54) is 0 Å². The van der Waals surface area contributed by atoms with Crippen molar-refractivity contribution >= 4 is 34.1 Å². The molecule has 2 aliphatic heterocycles. The molecular weight excluding hydrogens is 416 g/mol. The van der Waals surface area contributed by atoms with Crippen LogP contribution in [0.25, 0.3) is 0 Å². The molecule has 6 rings (SSSR count). The third kappa shape index (κ3) is 3.26. The third-order valence-electron chi connectivity index (χ3n) is 6.61. The van der Waals surface area contributed by atoms with Crippen LogP contribution in [0.1, 0.15) is 11.5 Å². The highest BCUT2D eigenvalue weighted by Gasteiger charge is 2.32. The summed E-state index contributed by atoms with van der Waals surface area (Å²) >= 11 is 0. The number of hydrogen-bond donors (Lipinski definition) is 1. The number of benzene rings is 4. The Morgan fingerprint density at radius 1 is 0.647 bits per heavy atom. The molecule has 0 aromatic heterocycles. The molecule has 1 atom stereocenters. The lowest BCUT2D eigenvalue weighted by atomic mass is 9.87. The summed E-state index contributed by atoms with van der Waals surface area (Å²) in [6.07, 6.45) is 2.01. The zero-order valence-corrected chi connectivity index (χ0v) is 18.7. The largest absolute Gasteiger partial charge is 0.312 e. The van der Waals surface area contributed by atoms with Crippen LogP contribution in [0.2, 0.25) is 0 Å². The van der Waals surface area contributed by atoms with Gasteiger partial charge in [-0.3, -0.25) is 0 Å². The average Bonchev–Trinajstić information content (AvgIpc) is 2.92. The third-order valence-corrected chi connectivity index (χ3v) is 6.61. The van der Waals surface area contributed by atoms with E-state index in [9.17, 15) is 5.26 Å². The predicted octanol–water partition coefficient (Wildman–Crippen LogP) is 7.08. The summed E-state index contributed by atoms with van der Waals surface area (Å²) in [4.78, 5) is 4.68. The highest BCUT2D eigenvalue weighted by molar-refractivity contribution is 6.01.